The predicted octanol–water partition coefficient (Wildman–Crippen LogP) is 3.09. The molecule has 0 aromatic heterocycles. The van der Waals surface area contributed by atoms with Crippen molar-refractivity contribution < 1.29 is 13.2 Å². The third-order valence-corrected chi connectivity index (χ3v) is 6.79. The van der Waals surface area contributed by atoms with Crippen LogP contribution in [0.25, 0.3) is 0 Å². The number of amides is 1. The molecule has 3 rings (SSSR count). The minimum Gasteiger partial charge on any atom is -0.315 e. The Morgan fingerprint density at radius 1 is 1.00 bits per heavy atom. The van der Waals surface area contributed by atoms with Crippen LogP contribution in [0.15, 0.2) is 59.5 Å². The Kier molecular flexibility index (Phi) is 5.16. The standard InChI is InChI=1S/C20H24N2O3S/c1-21(2)26(24,25)18-11-9-17(10-12-18)22(3)20(23)14-16-13-19(16)15-7-5-4-6-8-15/h4-12,16,19H,13-14H2,1-3H3/t16-,19-/m0/s1. The Labute approximate surface area is 155 Å². The van der Waals surface area contributed by atoms with E-state index in [2.05, 4.69) is 12.1 Å². The van der Waals surface area contributed by atoms with Crippen LogP contribution in [0.2, 0.25) is 0 Å². The van der Waals surface area contributed by atoms with Crippen LogP contribution >= 0.6 is 0 Å². The van der Waals surface area contributed by atoms with Gasteiger partial charge >= 0.3 is 0 Å². The molecule has 6 heteroatoms. The van der Waals surface area contributed by atoms with Gasteiger partial charge in [-0.05, 0) is 48.1 Å². The molecule has 2 aromatic carbocycles. The van der Waals surface area contributed by atoms with Crippen molar-refractivity contribution in [2.75, 3.05) is 26.0 Å². The summed E-state index contributed by atoms with van der Waals surface area (Å²) in [6, 6.07) is 16.7. The Hall–Kier alpha value is -2.18. The lowest BCUT2D eigenvalue weighted by molar-refractivity contribution is -0.118. The van der Waals surface area contributed by atoms with Gasteiger partial charge in [0, 0.05) is 33.3 Å². The summed E-state index contributed by atoms with van der Waals surface area (Å²) in [6.07, 6.45) is 1.55. The first-order valence-electron chi connectivity index (χ1n) is 8.65. The van der Waals surface area contributed by atoms with Crippen LogP contribution in [-0.2, 0) is 14.8 Å². The van der Waals surface area contributed by atoms with E-state index in [4.69, 9.17) is 0 Å². The monoisotopic (exact) mass is 372 g/mol. The van der Waals surface area contributed by atoms with Gasteiger partial charge in [0.2, 0.25) is 15.9 Å². The van der Waals surface area contributed by atoms with E-state index in [1.54, 1.807) is 36.2 Å². The summed E-state index contributed by atoms with van der Waals surface area (Å²) >= 11 is 0. The normalized spacial score (nSPS) is 19.4. The maximum Gasteiger partial charge on any atom is 0.242 e. The van der Waals surface area contributed by atoms with Crippen molar-refractivity contribution in [3.63, 3.8) is 0 Å². The number of carbonyl (C=O) groups is 1. The van der Waals surface area contributed by atoms with Crippen LogP contribution in [0, 0.1) is 5.92 Å². The van der Waals surface area contributed by atoms with Gasteiger partial charge in [-0.1, -0.05) is 30.3 Å². The third kappa shape index (κ3) is 3.81. The molecule has 1 aliphatic carbocycles. The summed E-state index contributed by atoms with van der Waals surface area (Å²) in [5.41, 5.74) is 2.00. The molecule has 0 saturated heterocycles. The topological polar surface area (TPSA) is 57.7 Å². The first kappa shape index (κ1) is 18.6. The second-order valence-electron chi connectivity index (χ2n) is 6.95. The van der Waals surface area contributed by atoms with Gasteiger partial charge in [0.1, 0.15) is 0 Å². The highest BCUT2D eigenvalue weighted by atomic mass is 32.2. The minimum atomic E-state index is -3.46. The quantitative estimate of drug-likeness (QED) is 0.783. The molecule has 0 aliphatic heterocycles. The van der Waals surface area contributed by atoms with Gasteiger partial charge in [0.15, 0.2) is 0 Å². The van der Waals surface area contributed by atoms with Crippen molar-refractivity contribution in [2.24, 2.45) is 5.92 Å². The number of nitrogens with zero attached hydrogens (tertiary/aromatic N) is 2. The second-order valence-corrected chi connectivity index (χ2v) is 9.10. The molecule has 2 atom stereocenters. The van der Waals surface area contributed by atoms with Crippen molar-refractivity contribution in [1.82, 2.24) is 4.31 Å². The molecule has 0 unspecified atom stereocenters. The summed E-state index contributed by atoms with van der Waals surface area (Å²) in [5.74, 6) is 0.915. The Morgan fingerprint density at radius 3 is 2.19 bits per heavy atom. The lowest BCUT2D eigenvalue weighted by atomic mass is 10.1. The van der Waals surface area contributed by atoms with E-state index in [1.165, 1.54) is 24.0 Å². The van der Waals surface area contributed by atoms with Gasteiger partial charge < -0.3 is 4.90 Å². The molecule has 0 spiro atoms. The zero-order valence-electron chi connectivity index (χ0n) is 15.3. The molecule has 1 saturated carbocycles. The molecule has 0 bridgehead atoms. The first-order valence-corrected chi connectivity index (χ1v) is 10.1. The van der Waals surface area contributed by atoms with E-state index in [0.29, 0.717) is 23.9 Å². The molecule has 0 N–H and O–H groups in total. The summed E-state index contributed by atoms with van der Waals surface area (Å²) in [7, 11) is 1.27. The molecule has 138 valence electrons. The minimum absolute atomic E-state index is 0.0525. The van der Waals surface area contributed by atoms with E-state index < -0.39 is 10.0 Å². The third-order valence-electron chi connectivity index (χ3n) is 4.96. The van der Waals surface area contributed by atoms with E-state index in [-0.39, 0.29) is 10.8 Å². The summed E-state index contributed by atoms with van der Waals surface area (Å²) in [6.45, 7) is 0. The number of carbonyl (C=O) groups excluding carboxylic acids is 1. The summed E-state index contributed by atoms with van der Waals surface area (Å²) in [5, 5.41) is 0. The average molecular weight is 372 g/mol. The lowest BCUT2D eigenvalue weighted by Crippen LogP contribution is -2.27. The Bertz CT molecular complexity index is 877. The van der Waals surface area contributed by atoms with Crippen LogP contribution in [-0.4, -0.2) is 39.8 Å². The number of anilines is 1. The van der Waals surface area contributed by atoms with Gasteiger partial charge in [-0.3, -0.25) is 4.79 Å². The van der Waals surface area contributed by atoms with E-state index >= 15 is 0 Å². The van der Waals surface area contributed by atoms with E-state index in [0.717, 1.165) is 6.42 Å². The van der Waals surface area contributed by atoms with Crippen LogP contribution in [0.1, 0.15) is 24.3 Å². The number of hydrogen-bond donors (Lipinski definition) is 0. The van der Waals surface area contributed by atoms with Crippen LogP contribution < -0.4 is 4.90 Å². The highest BCUT2D eigenvalue weighted by Gasteiger charge is 2.40. The van der Waals surface area contributed by atoms with Gasteiger partial charge in [0.05, 0.1) is 4.90 Å². The van der Waals surface area contributed by atoms with Gasteiger partial charge in [-0.2, -0.15) is 0 Å². The zero-order chi connectivity index (χ0) is 18.9. The Balaban J connectivity index is 1.63. The number of benzene rings is 2. The molecule has 0 radical (unpaired) electrons. The fourth-order valence-corrected chi connectivity index (χ4v) is 4.04. The maximum atomic E-state index is 12.6. The molecule has 26 heavy (non-hydrogen) atoms. The average Bonchev–Trinajstić information content (AvgIpc) is 3.41. The Morgan fingerprint density at radius 2 is 1.62 bits per heavy atom. The summed E-state index contributed by atoms with van der Waals surface area (Å²) in [4.78, 5) is 14.4. The highest BCUT2D eigenvalue weighted by Crippen LogP contribution is 2.49. The predicted molar refractivity (Wildman–Crippen MR) is 103 cm³/mol. The van der Waals surface area contributed by atoms with E-state index in [9.17, 15) is 13.2 Å². The molecule has 1 amide bonds. The number of rotatable bonds is 6. The van der Waals surface area contributed by atoms with Crippen molar-refractivity contribution >= 4 is 21.6 Å². The summed E-state index contributed by atoms with van der Waals surface area (Å²) < 4.78 is 25.4. The molecule has 1 aliphatic rings. The molecule has 2 aromatic rings. The van der Waals surface area contributed by atoms with Crippen LogP contribution in [0.4, 0.5) is 5.69 Å². The molecule has 5 nitrogen and oxygen atoms in total. The van der Waals surface area contributed by atoms with Crippen molar-refractivity contribution in [2.45, 2.75) is 23.7 Å². The van der Waals surface area contributed by atoms with Crippen LogP contribution in [0.3, 0.4) is 0 Å². The molecule has 0 heterocycles. The number of sulfonamides is 1. The molecule has 1 fully saturated rings. The molecular formula is C20H24N2O3S. The fourth-order valence-electron chi connectivity index (χ4n) is 3.14. The number of hydrogen-bond acceptors (Lipinski definition) is 3. The molecular weight excluding hydrogens is 348 g/mol. The van der Waals surface area contributed by atoms with Gasteiger partial charge in [0.25, 0.3) is 0 Å². The SMILES string of the molecule is CN(C(=O)C[C@@H]1C[C@H]1c1ccccc1)c1ccc(S(=O)(=O)N(C)C)cc1. The zero-order valence-corrected chi connectivity index (χ0v) is 16.1. The first-order chi connectivity index (χ1) is 12.3. The van der Waals surface area contributed by atoms with Crippen molar-refractivity contribution in [3.05, 3.63) is 60.2 Å². The second kappa shape index (κ2) is 7.21. The smallest absolute Gasteiger partial charge is 0.242 e. The van der Waals surface area contributed by atoms with Gasteiger partial charge in [-0.25, -0.2) is 12.7 Å². The highest BCUT2D eigenvalue weighted by molar-refractivity contribution is 7.89. The largest absolute Gasteiger partial charge is 0.315 e. The van der Waals surface area contributed by atoms with Crippen molar-refractivity contribution in [1.29, 1.82) is 0 Å². The lowest BCUT2D eigenvalue weighted by Gasteiger charge is -2.18. The van der Waals surface area contributed by atoms with Gasteiger partial charge in [-0.15, -0.1) is 0 Å². The van der Waals surface area contributed by atoms with Crippen LogP contribution in [0.5, 0.6) is 0 Å². The maximum absolute atomic E-state index is 12.6. The van der Waals surface area contributed by atoms with E-state index in [1.807, 2.05) is 18.2 Å². The fraction of sp³-hybridized carbons (Fsp3) is 0.350. The van der Waals surface area contributed by atoms with Crippen molar-refractivity contribution in [3.8, 4) is 0 Å².